The van der Waals surface area contributed by atoms with Gasteiger partial charge >= 0.3 is 6.36 Å². The van der Waals surface area contributed by atoms with E-state index >= 15 is 0 Å². The number of ether oxygens (including phenoxy) is 1. The number of nitrogens with zero attached hydrogens (tertiary/aromatic N) is 1. The summed E-state index contributed by atoms with van der Waals surface area (Å²) in [5.74, 6) is -1.32. The molecule has 1 unspecified atom stereocenters. The molecule has 1 aromatic carbocycles. The van der Waals surface area contributed by atoms with Crippen LogP contribution in [-0.4, -0.2) is 12.1 Å². The van der Waals surface area contributed by atoms with Crippen LogP contribution < -0.4 is 4.74 Å². The summed E-state index contributed by atoms with van der Waals surface area (Å²) in [6, 6.07) is 6.69. The Hall–Kier alpha value is -2.03. The van der Waals surface area contributed by atoms with E-state index in [1.807, 2.05) is 6.07 Å². The summed E-state index contributed by atoms with van der Waals surface area (Å²) in [5, 5.41) is 8.56. The molecule has 6 heteroatoms. The van der Waals surface area contributed by atoms with Gasteiger partial charge in [-0.05, 0) is 19.1 Å². The number of hydrogen-bond donors (Lipinski definition) is 0. The number of alkyl halides is 3. The third-order valence-electron chi connectivity index (χ3n) is 2.10. The van der Waals surface area contributed by atoms with Crippen LogP contribution in [0.25, 0.3) is 0 Å². The van der Waals surface area contributed by atoms with Crippen molar-refractivity contribution >= 4 is 5.78 Å². The fourth-order valence-corrected chi connectivity index (χ4v) is 1.31. The lowest BCUT2D eigenvalue weighted by Gasteiger charge is -2.09. The molecule has 0 amide bonds. The number of rotatable bonds is 4. The number of halogens is 3. The Kier molecular flexibility index (Phi) is 4.32. The zero-order valence-electron chi connectivity index (χ0n) is 9.49. The Labute approximate surface area is 102 Å². The zero-order chi connectivity index (χ0) is 13.8. The van der Waals surface area contributed by atoms with Crippen molar-refractivity contribution in [3.8, 4) is 11.8 Å². The number of benzene rings is 1. The molecule has 1 rings (SSSR count). The summed E-state index contributed by atoms with van der Waals surface area (Å²) in [6.07, 6.45) is -4.83. The second-order valence-electron chi connectivity index (χ2n) is 3.73. The van der Waals surface area contributed by atoms with Gasteiger partial charge in [0.15, 0.2) is 5.78 Å². The molecule has 0 N–H and O–H groups in total. The first-order valence-electron chi connectivity index (χ1n) is 5.10. The van der Waals surface area contributed by atoms with Gasteiger partial charge in [0.2, 0.25) is 0 Å². The van der Waals surface area contributed by atoms with E-state index in [0.717, 1.165) is 12.1 Å². The van der Waals surface area contributed by atoms with E-state index in [9.17, 15) is 18.0 Å². The first-order valence-corrected chi connectivity index (χ1v) is 5.10. The molecule has 3 nitrogen and oxygen atoms in total. The van der Waals surface area contributed by atoms with Crippen molar-refractivity contribution in [3.63, 3.8) is 0 Å². The molecule has 0 heterocycles. The van der Waals surface area contributed by atoms with Gasteiger partial charge in [0, 0.05) is 12.0 Å². The molecular weight excluding hydrogens is 247 g/mol. The average Bonchev–Trinajstić information content (AvgIpc) is 2.26. The maximum atomic E-state index is 12.0. The second kappa shape index (κ2) is 5.54. The van der Waals surface area contributed by atoms with Gasteiger partial charge in [0.1, 0.15) is 5.75 Å². The Morgan fingerprint density at radius 1 is 1.50 bits per heavy atom. The van der Waals surface area contributed by atoms with E-state index < -0.39 is 23.8 Å². The molecular formula is C12H10F3NO2. The molecule has 0 radical (unpaired) electrons. The van der Waals surface area contributed by atoms with Crippen LogP contribution in [-0.2, 0) is 0 Å². The van der Waals surface area contributed by atoms with Crippen LogP contribution in [0.15, 0.2) is 24.3 Å². The number of ketones is 1. The van der Waals surface area contributed by atoms with Gasteiger partial charge in [-0.2, -0.15) is 5.26 Å². The minimum atomic E-state index is -4.79. The minimum absolute atomic E-state index is 0.0357. The van der Waals surface area contributed by atoms with E-state index in [0.29, 0.717) is 0 Å². The van der Waals surface area contributed by atoms with Crippen molar-refractivity contribution in [2.45, 2.75) is 19.7 Å². The summed E-state index contributed by atoms with van der Waals surface area (Å²) < 4.78 is 39.7. The molecule has 1 aromatic rings. The molecule has 0 aliphatic carbocycles. The summed E-state index contributed by atoms with van der Waals surface area (Å²) in [7, 11) is 0. The van der Waals surface area contributed by atoms with E-state index in [-0.39, 0.29) is 12.0 Å². The highest BCUT2D eigenvalue weighted by Gasteiger charge is 2.31. The third kappa shape index (κ3) is 4.45. The molecule has 18 heavy (non-hydrogen) atoms. The highest BCUT2D eigenvalue weighted by Crippen LogP contribution is 2.24. The molecule has 0 saturated heterocycles. The molecule has 0 aliphatic rings. The van der Waals surface area contributed by atoms with Crippen molar-refractivity contribution in [1.29, 1.82) is 5.26 Å². The quantitative estimate of drug-likeness (QED) is 0.777. The molecule has 96 valence electrons. The number of hydrogen-bond acceptors (Lipinski definition) is 3. The van der Waals surface area contributed by atoms with Gasteiger partial charge < -0.3 is 4.74 Å². The largest absolute Gasteiger partial charge is 0.573 e. The van der Waals surface area contributed by atoms with E-state index in [1.54, 1.807) is 6.92 Å². The monoisotopic (exact) mass is 257 g/mol. The molecule has 0 saturated carbocycles. The normalized spacial score (nSPS) is 12.6. The van der Waals surface area contributed by atoms with Gasteiger partial charge in [-0.15, -0.1) is 13.2 Å². The molecule has 0 fully saturated rings. The lowest BCUT2D eigenvalue weighted by atomic mass is 10.0. The van der Waals surface area contributed by atoms with Gasteiger partial charge in [-0.25, -0.2) is 0 Å². The predicted octanol–water partition coefficient (Wildman–Crippen LogP) is 3.32. The van der Waals surface area contributed by atoms with Crippen LogP contribution in [0.4, 0.5) is 13.2 Å². The van der Waals surface area contributed by atoms with Crippen LogP contribution in [0.3, 0.4) is 0 Å². The van der Waals surface area contributed by atoms with Crippen LogP contribution in [0.1, 0.15) is 23.7 Å². The fraction of sp³-hybridized carbons (Fsp3) is 0.333. The number of carbonyl (C=O) groups is 1. The zero-order valence-corrected chi connectivity index (χ0v) is 9.49. The fourth-order valence-electron chi connectivity index (χ4n) is 1.31. The van der Waals surface area contributed by atoms with Gasteiger partial charge in [-0.1, -0.05) is 12.1 Å². The molecule has 0 bridgehead atoms. The predicted molar refractivity (Wildman–Crippen MR) is 56.8 cm³/mol. The maximum absolute atomic E-state index is 12.0. The van der Waals surface area contributed by atoms with Crippen molar-refractivity contribution in [1.82, 2.24) is 0 Å². The Bertz CT molecular complexity index is 477. The van der Waals surface area contributed by atoms with Crippen LogP contribution in [0, 0.1) is 17.2 Å². The van der Waals surface area contributed by atoms with Gasteiger partial charge in [0.25, 0.3) is 0 Å². The number of carbonyl (C=O) groups excluding carboxylic acids is 1. The number of nitriles is 1. The standard InChI is InChI=1S/C12H10F3NO2/c1-8(7-16)5-11(17)9-3-2-4-10(6-9)18-12(13,14)15/h2-4,6,8H,5H2,1H3. The van der Waals surface area contributed by atoms with Crippen molar-refractivity contribution in [3.05, 3.63) is 29.8 Å². The summed E-state index contributed by atoms with van der Waals surface area (Å²) >= 11 is 0. The van der Waals surface area contributed by atoms with E-state index in [2.05, 4.69) is 4.74 Å². The van der Waals surface area contributed by atoms with Crippen LogP contribution in [0.2, 0.25) is 0 Å². The summed E-state index contributed by atoms with van der Waals surface area (Å²) in [5.41, 5.74) is 0.0962. The first kappa shape index (κ1) is 14.0. The lowest BCUT2D eigenvalue weighted by Crippen LogP contribution is -2.17. The summed E-state index contributed by atoms with van der Waals surface area (Å²) in [6.45, 7) is 1.56. The van der Waals surface area contributed by atoms with Crippen molar-refractivity contribution in [2.75, 3.05) is 0 Å². The average molecular weight is 257 g/mol. The summed E-state index contributed by atoms with van der Waals surface area (Å²) in [4.78, 5) is 11.6. The Morgan fingerprint density at radius 3 is 2.72 bits per heavy atom. The molecule has 0 spiro atoms. The van der Waals surface area contributed by atoms with Gasteiger partial charge in [0.05, 0.1) is 12.0 Å². The van der Waals surface area contributed by atoms with E-state index in [4.69, 9.17) is 5.26 Å². The Morgan fingerprint density at radius 2 is 2.17 bits per heavy atom. The van der Waals surface area contributed by atoms with Gasteiger partial charge in [-0.3, -0.25) is 4.79 Å². The second-order valence-corrected chi connectivity index (χ2v) is 3.73. The highest BCUT2D eigenvalue weighted by atomic mass is 19.4. The smallest absolute Gasteiger partial charge is 0.406 e. The SMILES string of the molecule is CC(C#N)CC(=O)c1cccc(OC(F)(F)F)c1. The first-order chi connectivity index (χ1) is 8.31. The van der Waals surface area contributed by atoms with Crippen LogP contribution in [0.5, 0.6) is 5.75 Å². The van der Waals surface area contributed by atoms with Crippen LogP contribution >= 0.6 is 0 Å². The lowest BCUT2D eigenvalue weighted by molar-refractivity contribution is -0.274. The molecule has 0 aromatic heterocycles. The van der Waals surface area contributed by atoms with Crippen molar-refractivity contribution < 1.29 is 22.7 Å². The maximum Gasteiger partial charge on any atom is 0.573 e. The Balaban J connectivity index is 2.82. The topological polar surface area (TPSA) is 50.1 Å². The van der Waals surface area contributed by atoms with E-state index in [1.165, 1.54) is 12.1 Å². The number of Topliss-reactive ketones (excluding diaryl/α,β-unsaturated/α-hetero) is 1. The molecule has 1 atom stereocenters. The highest BCUT2D eigenvalue weighted by molar-refractivity contribution is 5.96. The third-order valence-corrected chi connectivity index (χ3v) is 2.10. The van der Waals surface area contributed by atoms with Crippen molar-refractivity contribution in [2.24, 2.45) is 5.92 Å². The molecule has 0 aliphatic heterocycles. The minimum Gasteiger partial charge on any atom is -0.406 e.